The van der Waals surface area contributed by atoms with E-state index in [0.29, 0.717) is 39.9 Å². The maximum Gasteiger partial charge on any atom is 0.251 e. The summed E-state index contributed by atoms with van der Waals surface area (Å²) < 4.78 is 28.0. The first kappa shape index (κ1) is 29.2. The molecule has 46 heavy (non-hydrogen) atoms. The Morgan fingerprint density at radius 2 is 1.96 bits per heavy atom. The van der Waals surface area contributed by atoms with Crippen LogP contribution in [0.15, 0.2) is 42.5 Å². The Morgan fingerprint density at radius 3 is 2.63 bits per heavy atom. The lowest BCUT2D eigenvalue weighted by molar-refractivity contribution is -0.123. The quantitative estimate of drug-likeness (QED) is 0.226. The molecule has 238 valence electrons. The number of aliphatic hydroxyl groups is 1. The van der Waals surface area contributed by atoms with Gasteiger partial charge in [-0.2, -0.15) is 5.10 Å². The van der Waals surface area contributed by atoms with Gasteiger partial charge < -0.3 is 25.6 Å². The minimum Gasteiger partial charge on any atom is -0.489 e. The first-order valence-electron chi connectivity index (χ1n) is 15.7. The number of hydrogen-bond donors (Lipinski definition) is 3. The summed E-state index contributed by atoms with van der Waals surface area (Å²) in [6, 6.07) is 11.3. The second-order valence-electron chi connectivity index (χ2n) is 13.3. The van der Waals surface area contributed by atoms with E-state index in [0.717, 1.165) is 49.7 Å². The van der Waals surface area contributed by atoms with Gasteiger partial charge in [0, 0.05) is 28.7 Å². The number of nitrogens with two attached hydrogens (primary N) is 1. The highest BCUT2D eigenvalue weighted by Crippen LogP contribution is 2.50. The lowest BCUT2D eigenvalue weighted by Gasteiger charge is -2.30. The molecule has 8 rings (SSSR count). The van der Waals surface area contributed by atoms with Gasteiger partial charge in [-0.3, -0.25) is 9.59 Å². The summed E-state index contributed by atoms with van der Waals surface area (Å²) in [5.74, 6) is -0.496. The second-order valence-corrected chi connectivity index (χ2v) is 13.7. The van der Waals surface area contributed by atoms with E-state index in [1.54, 1.807) is 29.6 Å². The van der Waals surface area contributed by atoms with Crippen LogP contribution in [0.3, 0.4) is 0 Å². The van der Waals surface area contributed by atoms with Gasteiger partial charge in [0.25, 0.3) is 5.91 Å². The van der Waals surface area contributed by atoms with E-state index < -0.39 is 22.7 Å². The minimum absolute atomic E-state index is 0.0197. The van der Waals surface area contributed by atoms with E-state index in [9.17, 15) is 19.1 Å². The van der Waals surface area contributed by atoms with Crippen LogP contribution in [0.2, 0.25) is 5.02 Å². The number of aromatic nitrogens is 3. The highest BCUT2D eigenvalue weighted by Gasteiger charge is 2.50. The number of rotatable bonds is 10. The van der Waals surface area contributed by atoms with E-state index in [4.69, 9.17) is 36.9 Å². The van der Waals surface area contributed by atoms with Crippen LogP contribution in [0, 0.1) is 11.7 Å². The average molecular weight is 646 g/mol. The van der Waals surface area contributed by atoms with Crippen LogP contribution < -0.4 is 20.5 Å². The monoisotopic (exact) mass is 645 g/mol. The maximum atomic E-state index is 14.1. The van der Waals surface area contributed by atoms with Crippen LogP contribution >= 0.6 is 11.6 Å². The molecular formula is C34H33ClFN5O5. The first-order chi connectivity index (χ1) is 22.0. The molecular weight excluding hydrogens is 613 g/mol. The molecule has 2 amide bonds. The van der Waals surface area contributed by atoms with Crippen LogP contribution in [0.5, 0.6) is 11.6 Å². The van der Waals surface area contributed by atoms with Crippen molar-refractivity contribution in [2.75, 3.05) is 13.2 Å². The number of amides is 2. The molecule has 10 nitrogen and oxygen atoms in total. The molecule has 4 heterocycles. The Morgan fingerprint density at radius 1 is 1.17 bits per heavy atom. The van der Waals surface area contributed by atoms with Crippen molar-refractivity contribution in [2.24, 2.45) is 11.7 Å². The predicted molar refractivity (Wildman–Crippen MR) is 166 cm³/mol. The number of carbonyl (C=O) groups is 2. The summed E-state index contributed by atoms with van der Waals surface area (Å²) in [7, 11) is 0. The lowest BCUT2D eigenvalue weighted by atomic mass is 9.81. The molecule has 1 aromatic carbocycles. The van der Waals surface area contributed by atoms with Gasteiger partial charge in [0.1, 0.15) is 41.0 Å². The van der Waals surface area contributed by atoms with E-state index in [2.05, 4.69) is 5.32 Å². The van der Waals surface area contributed by atoms with Crippen LogP contribution in [-0.4, -0.2) is 50.8 Å². The Balaban J connectivity index is 1.15. The van der Waals surface area contributed by atoms with Crippen LogP contribution in [0.25, 0.3) is 16.8 Å². The Hall–Kier alpha value is -4.22. The molecule has 3 fully saturated rings. The summed E-state index contributed by atoms with van der Waals surface area (Å²) in [4.78, 5) is 31.2. The minimum atomic E-state index is -1.59. The summed E-state index contributed by atoms with van der Waals surface area (Å²) in [6.07, 6.45) is 5.68. The molecule has 2 atom stereocenters. The summed E-state index contributed by atoms with van der Waals surface area (Å²) in [6.45, 7) is 1.51. The molecule has 0 bridgehead atoms. The van der Waals surface area contributed by atoms with Gasteiger partial charge in [0.15, 0.2) is 0 Å². The topological polar surface area (TPSA) is 141 Å². The number of nitrogens with zero attached hydrogens (tertiary/aromatic N) is 3. The van der Waals surface area contributed by atoms with Crippen molar-refractivity contribution in [3.63, 3.8) is 0 Å². The average Bonchev–Trinajstić information content (AvgIpc) is 3.92. The van der Waals surface area contributed by atoms with Crippen LogP contribution in [0.1, 0.15) is 78.7 Å². The zero-order valence-corrected chi connectivity index (χ0v) is 25.9. The fourth-order valence-corrected chi connectivity index (χ4v) is 6.39. The molecule has 4 N–H and O–H groups in total. The van der Waals surface area contributed by atoms with E-state index in [-0.39, 0.29) is 41.8 Å². The largest absolute Gasteiger partial charge is 0.489 e. The number of halogens is 2. The Kier molecular flexibility index (Phi) is 6.60. The Labute approximate surface area is 269 Å². The van der Waals surface area contributed by atoms with Crippen LogP contribution in [0.4, 0.5) is 4.39 Å². The summed E-state index contributed by atoms with van der Waals surface area (Å²) in [5.41, 5.74) is 6.67. The van der Waals surface area contributed by atoms with Gasteiger partial charge >= 0.3 is 0 Å². The fraction of sp³-hybridized carbons (Fsp3) is 0.412. The number of ether oxygens (including phenoxy) is 2. The molecule has 4 aromatic rings. The standard InChI is InChI=1S/C34H33ClFN5O5/c1-33(32(37)43)16-45-30-23(33)14-27(39-29(30)18-4-9-25(36)24(35)11-18)34(44,20-5-6-20)15-38-31(42)19-10-21-13-26(17-2-3-17)40-41(21)28(12-19)46-22-7-8-22/h4,9-14,17,20,22,44H,2-3,5-8,15-16H2,1H3,(H2,37,43)(H,38,42)/t33-,34?/m0/s1. The number of carbonyl (C=O) groups excluding carboxylic acids is 2. The predicted octanol–water partition coefficient (Wildman–Crippen LogP) is 4.77. The van der Waals surface area contributed by atoms with Crippen molar-refractivity contribution in [3.05, 3.63) is 75.8 Å². The van der Waals surface area contributed by atoms with Gasteiger partial charge in [0.2, 0.25) is 11.8 Å². The van der Waals surface area contributed by atoms with E-state index in [1.807, 2.05) is 6.07 Å². The molecule has 0 radical (unpaired) electrons. The number of nitrogens with one attached hydrogen (secondary N) is 1. The van der Waals surface area contributed by atoms with Crippen LogP contribution in [-0.2, 0) is 15.8 Å². The molecule has 3 saturated carbocycles. The molecule has 3 aromatic heterocycles. The first-order valence-corrected chi connectivity index (χ1v) is 16.1. The van der Waals surface area contributed by atoms with Gasteiger partial charge in [0.05, 0.1) is 28.5 Å². The van der Waals surface area contributed by atoms with Gasteiger partial charge in [-0.25, -0.2) is 13.9 Å². The van der Waals surface area contributed by atoms with Crippen molar-refractivity contribution in [2.45, 2.75) is 68.5 Å². The molecule has 4 aliphatic rings. The normalized spacial score (nSPS) is 21.8. The van der Waals surface area contributed by atoms with Crippen molar-refractivity contribution < 1.29 is 28.6 Å². The molecule has 1 unspecified atom stereocenters. The van der Waals surface area contributed by atoms with Gasteiger partial charge in [-0.05, 0) is 87.8 Å². The summed E-state index contributed by atoms with van der Waals surface area (Å²) >= 11 is 6.12. The van der Waals surface area contributed by atoms with Gasteiger partial charge in [-0.15, -0.1) is 0 Å². The summed E-state index contributed by atoms with van der Waals surface area (Å²) in [5, 5.41) is 19.9. The van der Waals surface area contributed by atoms with E-state index >= 15 is 0 Å². The van der Waals surface area contributed by atoms with Gasteiger partial charge in [-0.1, -0.05) is 11.6 Å². The second kappa shape index (κ2) is 10.4. The maximum absolute atomic E-state index is 14.1. The fourth-order valence-electron chi connectivity index (χ4n) is 6.21. The molecule has 1 aliphatic heterocycles. The molecule has 3 aliphatic carbocycles. The lowest BCUT2D eigenvalue weighted by Crippen LogP contribution is -2.44. The SMILES string of the molecule is C[C@]1(C(N)=O)COc2c1cc(C(O)(CNC(=O)c1cc(OC3CC3)n3nc(C4CC4)cc3c1)C1CC1)nc2-c1ccc(F)c(Cl)c1. The molecule has 12 heteroatoms. The zero-order chi connectivity index (χ0) is 32.0. The van der Waals surface area contributed by atoms with Crippen molar-refractivity contribution in [1.82, 2.24) is 19.9 Å². The van der Waals surface area contributed by atoms with Crippen molar-refractivity contribution >= 4 is 28.9 Å². The molecule has 0 saturated heterocycles. The number of primary amides is 1. The smallest absolute Gasteiger partial charge is 0.251 e. The third-order valence-corrected chi connectivity index (χ3v) is 9.93. The van der Waals surface area contributed by atoms with E-state index in [1.165, 1.54) is 18.2 Å². The van der Waals surface area contributed by atoms with Crippen molar-refractivity contribution in [3.8, 4) is 22.9 Å². The highest BCUT2D eigenvalue weighted by atomic mass is 35.5. The number of fused-ring (bicyclic) bond motifs is 2. The number of hydrogen-bond acceptors (Lipinski definition) is 7. The third kappa shape index (κ3) is 4.96. The highest BCUT2D eigenvalue weighted by molar-refractivity contribution is 6.31. The zero-order valence-electron chi connectivity index (χ0n) is 25.2. The number of pyridine rings is 2. The molecule has 0 spiro atoms. The third-order valence-electron chi connectivity index (χ3n) is 9.64. The Bertz CT molecular complexity index is 1940. The van der Waals surface area contributed by atoms with Crippen molar-refractivity contribution in [1.29, 1.82) is 0 Å². The number of benzene rings is 1.